The summed E-state index contributed by atoms with van der Waals surface area (Å²) in [6.07, 6.45) is 1.30. The van der Waals surface area contributed by atoms with Gasteiger partial charge in [0.1, 0.15) is 0 Å². The van der Waals surface area contributed by atoms with Crippen LogP contribution in [0.5, 0.6) is 0 Å². The summed E-state index contributed by atoms with van der Waals surface area (Å²) in [5.41, 5.74) is 0. The predicted octanol–water partition coefficient (Wildman–Crippen LogP) is 0.328. The summed E-state index contributed by atoms with van der Waals surface area (Å²) >= 11 is 0. The lowest BCUT2D eigenvalue weighted by molar-refractivity contribution is 0.00984. The number of piperazine rings is 1. The molecule has 0 N–H and O–H groups in total. The molecule has 82 valence electrons. The quantitative estimate of drug-likeness (QED) is 0.645. The zero-order valence-electron chi connectivity index (χ0n) is 9.58. The van der Waals surface area contributed by atoms with E-state index in [9.17, 15) is 0 Å². The lowest BCUT2D eigenvalue weighted by Crippen LogP contribution is -2.62. The van der Waals surface area contributed by atoms with E-state index in [-0.39, 0.29) is 0 Å². The normalized spacial score (nSPS) is 27.9. The number of nitrogens with zero attached hydrogens (tertiary/aromatic N) is 3. The first-order valence-corrected chi connectivity index (χ1v) is 5.94. The number of hydrogen-bond donors (Lipinski definition) is 0. The summed E-state index contributed by atoms with van der Waals surface area (Å²) < 4.78 is 0. The molecule has 2 saturated heterocycles. The molecule has 0 saturated carbocycles. The van der Waals surface area contributed by atoms with Crippen LogP contribution in [0.2, 0.25) is 0 Å². The third-order valence-corrected chi connectivity index (χ3v) is 3.53. The molecule has 0 unspecified atom stereocenters. The zero-order chi connectivity index (χ0) is 9.97. The van der Waals surface area contributed by atoms with Crippen molar-refractivity contribution in [1.29, 1.82) is 0 Å². The molecule has 0 aliphatic carbocycles. The van der Waals surface area contributed by atoms with E-state index in [0.717, 1.165) is 6.04 Å². The van der Waals surface area contributed by atoms with Crippen LogP contribution in [-0.4, -0.2) is 73.6 Å². The van der Waals surface area contributed by atoms with Crippen LogP contribution in [0.4, 0.5) is 0 Å². The van der Waals surface area contributed by atoms with Crippen LogP contribution in [0.3, 0.4) is 0 Å². The van der Waals surface area contributed by atoms with Gasteiger partial charge in [0.15, 0.2) is 0 Å². The summed E-state index contributed by atoms with van der Waals surface area (Å²) in [7, 11) is 2.22. The van der Waals surface area contributed by atoms with Crippen molar-refractivity contribution in [3.63, 3.8) is 0 Å². The van der Waals surface area contributed by atoms with E-state index in [2.05, 4.69) is 28.7 Å². The van der Waals surface area contributed by atoms with Crippen LogP contribution in [-0.2, 0) is 0 Å². The number of likely N-dealkylation sites (tertiary alicyclic amines) is 1. The summed E-state index contributed by atoms with van der Waals surface area (Å²) in [6.45, 7) is 11.3. The summed E-state index contributed by atoms with van der Waals surface area (Å²) in [5, 5.41) is 0. The van der Waals surface area contributed by atoms with E-state index < -0.39 is 0 Å². The van der Waals surface area contributed by atoms with Crippen molar-refractivity contribution in [2.75, 3.05) is 52.9 Å². The van der Waals surface area contributed by atoms with Crippen molar-refractivity contribution in [1.82, 2.24) is 14.7 Å². The lowest BCUT2D eigenvalue weighted by Gasteiger charge is -2.47. The highest BCUT2D eigenvalue weighted by Crippen LogP contribution is 2.16. The van der Waals surface area contributed by atoms with Gasteiger partial charge in [0.05, 0.1) is 0 Å². The van der Waals surface area contributed by atoms with Crippen LogP contribution < -0.4 is 0 Å². The predicted molar refractivity (Wildman–Crippen MR) is 59.6 cm³/mol. The molecule has 0 aromatic rings. The van der Waals surface area contributed by atoms with E-state index in [1.165, 1.54) is 52.2 Å². The molecule has 0 bridgehead atoms. The Morgan fingerprint density at radius 1 is 1.07 bits per heavy atom. The first-order chi connectivity index (χ1) is 6.79. The van der Waals surface area contributed by atoms with Gasteiger partial charge in [-0.3, -0.25) is 4.90 Å². The molecular weight excluding hydrogens is 174 g/mol. The molecule has 0 amide bonds. The van der Waals surface area contributed by atoms with E-state index in [4.69, 9.17) is 0 Å². The van der Waals surface area contributed by atoms with Crippen molar-refractivity contribution >= 4 is 0 Å². The summed E-state index contributed by atoms with van der Waals surface area (Å²) in [6, 6.07) is 0.871. The first kappa shape index (κ1) is 10.4. The topological polar surface area (TPSA) is 9.72 Å². The molecule has 0 aromatic carbocycles. The Morgan fingerprint density at radius 3 is 2.29 bits per heavy atom. The van der Waals surface area contributed by atoms with Gasteiger partial charge in [0, 0.05) is 45.3 Å². The monoisotopic (exact) mass is 197 g/mol. The maximum atomic E-state index is 2.67. The highest BCUT2D eigenvalue weighted by atomic mass is 15.3. The Morgan fingerprint density at radius 2 is 1.71 bits per heavy atom. The molecule has 2 fully saturated rings. The van der Waals surface area contributed by atoms with Crippen LogP contribution >= 0.6 is 0 Å². The average molecular weight is 197 g/mol. The van der Waals surface area contributed by atoms with Crippen LogP contribution in [0.25, 0.3) is 0 Å². The van der Waals surface area contributed by atoms with Crippen molar-refractivity contribution in [2.24, 2.45) is 0 Å². The number of rotatable bonds is 3. The molecule has 3 nitrogen and oxygen atoms in total. The van der Waals surface area contributed by atoms with E-state index in [1.54, 1.807) is 0 Å². The fraction of sp³-hybridized carbons (Fsp3) is 1.00. The maximum Gasteiger partial charge on any atom is 0.0351 e. The third kappa shape index (κ3) is 2.27. The minimum Gasteiger partial charge on any atom is -0.304 e. The summed E-state index contributed by atoms with van der Waals surface area (Å²) in [5.74, 6) is 0. The van der Waals surface area contributed by atoms with Crippen molar-refractivity contribution in [2.45, 2.75) is 19.4 Å². The molecule has 0 radical (unpaired) electrons. The smallest absolute Gasteiger partial charge is 0.0351 e. The van der Waals surface area contributed by atoms with Crippen LogP contribution in [0, 0.1) is 0 Å². The second-order valence-electron chi connectivity index (χ2n) is 4.75. The number of likely N-dealkylation sites (N-methyl/N-ethyl adjacent to an activating group) is 1. The zero-order valence-corrected chi connectivity index (χ0v) is 9.58. The summed E-state index contributed by atoms with van der Waals surface area (Å²) in [4.78, 5) is 7.67. The minimum absolute atomic E-state index is 0.871. The molecule has 2 rings (SSSR count). The van der Waals surface area contributed by atoms with Gasteiger partial charge in [-0.2, -0.15) is 0 Å². The molecular formula is C11H23N3. The fourth-order valence-electron chi connectivity index (χ4n) is 2.46. The Hall–Kier alpha value is -0.120. The second-order valence-corrected chi connectivity index (χ2v) is 4.75. The molecule has 0 atom stereocenters. The standard InChI is InChI=1S/C11H23N3/c1-3-4-13-9-11(10-13)14-7-5-12(2)6-8-14/h11H,3-10H2,1-2H3. The number of hydrogen-bond acceptors (Lipinski definition) is 3. The van der Waals surface area contributed by atoms with Crippen molar-refractivity contribution in [3.05, 3.63) is 0 Å². The molecule has 2 heterocycles. The fourth-order valence-corrected chi connectivity index (χ4v) is 2.46. The third-order valence-electron chi connectivity index (χ3n) is 3.53. The SMILES string of the molecule is CCCN1CC(N2CCN(C)CC2)C1. The van der Waals surface area contributed by atoms with E-state index in [1.807, 2.05) is 0 Å². The van der Waals surface area contributed by atoms with Gasteiger partial charge in [-0.25, -0.2) is 0 Å². The van der Waals surface area contributed by atoms with Gasteiger partial charge in [-0.15, -0.1) is 0 Å². The Balaban J connectivity index is 1.67. The Bertz CT molecular complexity index is 169. The molecule has 0 aromatic heterocycles. The highest BCUT2D eigenvalue weighted by molar-refractivity contribution is 4.89. The molecule has 2 aliphatic rings. The highest BCUT2D eigenvalue weighted by Gasteiger charge is 2.31. The van der Waals surface area contributed by atoms with Crippen LogP contribution in [0.15, 0.2) is 0 Å². The molecule has 2 aliphatic heterocycles. The van der Waals surface area contributed by atoms with Crippen molar-refractivity contribution in [3.8, 4) is 0 Å². The Labute approximate surface area is 87.7 Å². The van der Waals surface area contributed by atoms with E-state index in [0.29, 0.717) is 0 Å². The maximum absolute atomic E-state index is 2.67. The largest absolute Gasteiger partial charge is 0.304 e. The Kier molecular flexibility index (Phi) is 3.42. The van der Waals surface area contributed by atoms with Gasteiger partial charge in [0.2, 0.25) is 0 Å². The van der Waals surface area contributed by atoms with Gasteiger partial charge in [-0.1, -0.05) is 6.92 Å². The average Bonchev–Trinajstić information content (AvgIpc) is 2.13. The lowest BCUT2D eigenvalue weighted by atomic mass is 10.1. The van der Waals surface area contributed by atoms with Crippen molar-refractivity contribution < 1.29 is 0 Å². The van der Waals surface area contributed by atoms with E-state index >= 15 is 0 Å². The van der Waals surface area contributed by atoms with Gasteiger partial charge >= 0.3 is 0 Å². The second kappa shape index (κ2) is 4.60. The molecule has 14 heavy (non-hydrogen) atoms. The van der Waals surface area contributed by atoms with Gasteiger partial charge in [0.25, 0.3) is 0 Å². The first-order valence-electron chi connectivity index (χ1n) is 5.94. The van der Waals surface area contributed by atoms with Gasteiger partial charge < -0.3 is 9.80 Å². The minimum atomic E-state index is 0.871. The molecule has 0 spiro atoms. The van der Waals surface area contributed by atoms with Gasteiger partial charge in [-0.05, 0) is 20.0 Å². The molecule has 3 heteroatoms. The van der Waals surface area contributed by atoms with Crippen LogP contribution in [0.1, 0.15) is 13.3 Å².